The van der Waals surface area contributed by atoms with E-state index in [0.717, 1.165) is 55.5 Å². The van der Waals surface area contributed by atoms with Gasteiger partial charge in [-0.25, -0.2) is 9.78 Å². The zero-order valence-electron chi connectivity index (χ0n) is 19.3. The SMILES string of the molecule is CCCOC(CO[C@@H]1CCC[C@H](OCc2nc(-c3ccc(C)cc3)oc2CC)C1)C(=O)O. The van der Waals surface area contributed by atoms with Crippen LogP contribution in [0.15, 0.2) is 28.7 Å². The minimum atomic E-state index is -0.982. The number of aryl methyl sites for hydroxylation is 2. The van der Waals surface area contributed by atoms with Crippen molar-refractivity contribution >= 4 is 5.97 Å². The molecule has 1 fully saturated rings. The molecule has 0 radical (unpaired) electrons. The van der Waals surface area contributed by atoms with Gasteiger partial charge in [0.25, 0.3) is 0 Å². The van der Waals surface area contributed by atoms with E-state index in [1.165, 1.54) is 5.56 Å². The first-order valence-electron chi connectivity index (χ1n) is 11.6. The number of oxazole rings is 1. The number of hydrogen-bond donors (Lipinski definition) is 1. The van der Waals surface area contributed by atoms with E-state index in [-0.39, 0.29) is 18.8 Å². The fourth-order valence-corrected chi connectivity index (χ4v) is 3.87. The van der Waals surface area contributed by atoms with E-state index in [1.807, 2.05) is 38.1 Å². The summed E-state index contributed by atoms with van der Waals surface area (Å²) in [6.07, 6.45) is 4.23. The lowest BCUT2D eigenvalue weighted by Crippen LogP contribution is -2.34. The Balaban J connectivity index is 1.53. The monoisotopic (exact) mass is 445 g/mol. The molecule has 1 N–H and O–H groups in total. The number of carbonyl (C=O) groups is 1. The van der Waals surface area contributed by atoms with Gasteiger partial charge in [0.05, 0.1) is 25.4 Å². The molecule has 1 aromatic heterocycles. The Labute approximate surface area is 190 Å². The van der Waals surface area contributed by atoms with E-state index in [9.17, 15) is 9.90 Å². The van der Waals surface area contributed by atoms with E-state index in [2.05, 4.69) is 11.9 Å². The highest BCUT2D eigenvalue weighted by atomic mass is 16.6. The number of ether oxygens (including phenoxy) is 3. The molecule has 32 heavy (non-hydrogen) atoms. The summed E-state index contributed by atoms with van der Waals surface area (Å²) in [7, 11) is 0. The molecule has 0 saturated heterocycles. The molecule has 176 valence electrons. The third-order valence-corrected chi connectivity index (χ3v) is 5.71. The maximum atomic E-state index is 11.3. The predicted molar refractivity (Wildman–Crippen MR) is 121 cm³/mol. The van der Waals surface area contributed by atoms with Gasteiger partial charge in [-0.1, -0.05) is 31.5 Å². The molecule has 7 nitrogen and oxygen atoms in total. The smallest absolute Gasteiger partial charge is 0.335 e. The van der Waals surface area contributed by atoms with Crippen LogP contribution in [-0.2, 0) is 32.0 Å². The molecule has 1 unspecified atom stereocenters. The van der Waals surface area contributed by atoms with Crippen LogP contribution in [0.5, 0.6) is 0 Å². The molecule has 2 aromatic rings. The normalized spacial score (nSPS) is 19.7. The van der Waals surface area contributed by atoms with Crippen LogP contribution in [0.4, 0.5) is 0 Å². The lowest BCUT2D eigenvalue weighted by molar-refractivity contribution is -0.157. The third kappa shape index (κ3) is 6.89. The Kier molecular flexibility index (Phi) is 9.26. The van der Waals surface area contributed by atoms with Crippen LogP contribution in [0.3, 0.4) is 0 Å². The van der Waals surface area contributed by atoms with E-state index in [4.69, 9.17) is 18.6 Å². The molecule has 1 aliphatic rings. The fourth-order valence-electron chi connectivity index (χ4n) is 3.87. The second-order valence-electron chi connectivity index (χ2n) is 8.36. The summed E-state index contributed by atoms with van der Waals surface area (Å²) in [6.45, 7) is 6.93. The molecule has 1 saturated carbocycles. The quantitative estimate of drug-likeness (QED) is 0.495. The third-order valence-electron chi connectivity index (χ3n) is 5.71. The van der Waals surface area contributed by atoms with Crippen molar-refractivity contribution in [1.82, 2.24) is 4.98 Å². The van der Waals surface area contributed by atoms with Crippen molar-refractivity contribution in [1.29, 1.82) is 0 Å². The summed E-state index contributed by atoms with van der Waals surface area (Å²) < 4.78 is 23.4. The molecule has 3 rings (SSSR count). The number of carboxylic acids is 1. The highest BCUT2D eigenvalue weighted by molar-refractivity contribution is 5.72. The molecular formula is C25H35NO6. The Morgan fingerprint density at radius 3 is 2.56 bits per heavy atom. The summed E-state index contributed by atoms with van der Waals surface area (Å²) >= 11 is 0. The number of carboxylic acid groups (broad SMARTS) is 1. The van der Waals surface area contributed by atoms with Gasteiger partial charge in [0, 0.05) is 18.6 Å². The van der Waals surface area contributed by atoms with Crippen molar-refractivity contribution in [3.8, 4) is 11.5 Å². The minimum Gasteiger partial charge on any atom is -0.479 e. The van der Waals surface area contributed by atoms with Gasteiger partial charge in [0.1, 0.15) is 11.5 Å². The molecule has 0 bridgehead atoms. The lowest BCUT2D eigenvalue weighted by atomic mass is 9.95. The summed E-state index contributed by atoms with van der Waals surface area (Å²) in [6, 6.07) is 8.13. The maximum absolute atomic E-state index is 11.3. The standard InChI is InChI=1S/C25H35NO6/c1-4-13-29-23(25(27)28)16-31-20-8-6-7-19(14-20)30-15-21-22(5-2)32-24(26-21)18-11-9-17(3)10-12-18/h9-12,19-20,23H,4-8,13-16H2,1-3H3,(H,27,28)/t19-,20+,23?/m0/s1. The molecule has 1 aromatic carbocycles. The fraction of sp³-hybridized carbons (Fsp3) is 0.600. The van der Waals surface area contributed by atoms with Crippen LogP contribution < -0.4 is 0 Å². The van der Waals surface area contributed by atoms with Crippen molar-refractivity contribution in [3.05, 3.63) is 41.3 Å². The summed E-state index contributed by atoms with van der Waals surface area (Å²) in [5, 5.41) is 9.29. The van der Waals surface area contributed by atoms with Crippen molar-refractivity contribution < 1.29 is 28.5 Å². The summed E-state index contributed by atoms with van der Waals surface area (Å²) in [5.74, 6) is 0.489. The second-order valence-corrected chi connectivity index (χ2v) is 8.36. The van der Waals surface area contributed by atoms with Crippen LogP contribution >= 0.6 is 0 Å². The highest BCUT2D eigenvalue weighted by Gasteiger charge is 2.27. The van der Waals surface area contributed by atoms with E-state index in [1.54, 1.807) is 0 Å². The average Bonchev–Trinajstić information content (AvgIpc) is 3.21. The number of benzene rings is 1. The zero-order chi connectivity index (χ0) is 22.9. The van der Waals surface area contributed by atoms with Gasteiger partial charge in [0.15, 0.2) is 6.10 Å². The molecule has 0 spiro atoms. The Bertz CT molecular complexity index is 847. The van der Waals surface area contributed by atoms with Crippen molar-refractivity contribution in [2.45, 2.75) is 84.2 Å². The van der Waals surface area contributed by atoms with E-state index < -0.39 is 12.1 Å². The van der Waals surface area contributed by atoms with Gasteiger partial charge >= 0.3 is 5.97 Å². The van der Waals surface area contributed by atoms with Crippen LogP contribution in [0.2, 0.25) is 0 Å². The Hall–Kier alpha value is -2.22. The van der Waals surface area contributed by atoms with Gasteiger partial charge in [-0.05, 0) is 51.2 Å². The van der Waals surface area contributed by atoms with E-state index in [0.29, 0.717) is 19.1 Å². The Morgan fingerprint density at radius 2 is 1.91 bits per heavy atom. The number of aromatic nitrogens is 1. The molecule has 1 aliphatic carbocycles. The van der Waals surface area contributed by atoms with Crippen molar-refractivity contribution in [3.63, 3.8) is 0 Å². The van der Waals surface area contributed by atoms with E-state index >= 15 is 0 Å². The summed E-state index contributed by atoms with van der Waals surface area (Å²) in [4.78, 5) is 16.0. The molecular weight excluding hydrogens is 410 g/mol. The first-order chi connectivity index (χ1) is 15.5. The Morgan fingerprint density at radius 1 is 1.19 bits per heavy atom. The summed E-state index contributed by atoms with van der Waals surface area (Å²) in [5.41, 5.74) is 2.99. The van der Waals surface area contributed by atoms with Crippen molar-refractivity contribution in [2.75, 3.05) is 13.2 Å². The van der Waals surface area contributed by atoms with Gasteiger partial charge in [0.2, 0.25) is 5.89 Å². The first kappa shape index (κ1) is 24.4. The highest BCUT2D eigenvalue weighted by Crippen LogP contribution is 2.27. The number of rotatable bonds is 12. The minimum absolute atomic E-state index is 0.0214. The lowest BCUT2D eigenvalue weighted by Gasteiger charge is -2.29. The molecule has 3 atom stereocenters. The number of aliphatic carboxylic acids is 1. The largest absolute Gasteiger partial charge is 0.479 e. The number of nitrogens with zero attached hydrogens (tertiary/aromatic N) is 1. The molecule has 1 heterocycles. The molecule has 0 amide bonds. The number of hydrogen-bond acceptors (Lipinski definition) is 6. The van der Waals surface area contributed by atoms with Crippen LogP contribution in [-0.4, -0.2) is 47.6 Å². The topological polar surface area (TPSA) is 91.0 Å². The van der Waals surface area contributed by atoms with Crippen LogP contribution in [0, 0.1) is 6.92 Å². The molecule has 7 heteroatoms. The predicted octanol–water partition coefficient (Wildman–Crippen LogP) is 4.94. The first-order valence-corrected chi connectivity index (χ1v) is 11.6. The van der Waals surface area contributed by atoms with Crippen LogP contribution in [0.1, 0.15) is 63.0 Å². The van der Waals surface area contributed by atoms with Gasteiger partial charge in [-0.15, -0.1) is 0 Å². The maximum Gasteiger partial charge on any atom is 0.335 e. The van der Waals surface area contributed by atoms with Gasteiger partial charge < -0.3 is 23.7 Å². The van der Waals surface area contributed by atoms with Gasteiger partial charge in [-0.3, -0.25) is 0 Å². The zero-order valence-corrected chi connectivity index (χ0v) is 19.3. The second kappa shape index (κ2) is 12.1. The van der Waals surface area contributed by atoms with Gasteiger partial charge in [-0.2, -0.15) is 0 Å². The molecule has 0 aliphatic heterocycles. The van der Waals surface area contributed by atoms with Crippen molar-refractivity contribution in [2.24, 2.45) is 0 Å². The van der Waals surface area contributed by atoms with Crippen LogP contribution in [0.25, 0.3) is 11.5 Å². The average molecular weight is 446 g/mol.